The number of hydrogen-bond donors (Lipinski definition) is 3. The number of benzene rings is 2. The third kappa shape index (κ3) is 5.93. The van der Waals surface area contributed by atoms with Crippen molar-refractivity contribution in [2.45, 2.75) is 6.18 Å². The van der Waals surface area contributed by atoms with Crippen LogP contribution in [0.3, 0.4) is 0 Å². The molecule has 0 spiro atoms. The Hall–Kier alpha value is -5.46. The average Bonchev–Trinajstić information content (AvgIpc) is 3.45. The van der Waals surface area contributed by atoms with Gasteiger partial charge in [-0.1, -0.05) is 12.1 Å². The van der Waals surface area contributed by atoms with Gasteiger partial charge in [0.15, 0.2) is 0 Å². The lowest BCUT2D eigenvalue weighted by atomic mass is 10.1. The minimum atomic E-state index is -4.59. The van der Waals surface area contributed by atoms with Gasteiger partial charge in [0.05, 0.1) is 35.0 Å². The molecule has 4 N–H and O–H groups in total. The predicted octanol–water partition coefficient (Wildman–Crippen LogP) is 5.76. The van der Waals surface area contributed by atoms with Gasteiger partial charge in [-0.05, 0) is 54.1 Å². The number of anilines is 3. The number of ether oxygens (including phenoxy) is 1. The van der Waals surface area contributed by atoms with Crippen molar-refractivity contribution in [1.82, 2.24) is 24.7 Å². The van der Waals surface area contributed by atoms with Gasteiger partial charge in [0.25, 0.3) is 0 Å². The Morgan fingerprint density at radius 2 is 1.69 bits per heavy atom. The Kier molecular flexibility index (Phi) is 6.78. The summed E-state index contributed by atoms with van der Waals surface area (Å²) in [7, 11) is 0. The van der Waals surface area contributed by atoms with Crippen molar-refractivity contribution in [1.29, 1.82) is 0 Å². The number of amides is 2. The third-order valence-electron chi connectivity index (χ3n) is 5.42. The van der Waals surface area contributed by atoms with Crippen molar-refractivity contribution in [2.24, 2.45) is 0 Å². The molecule has 0 atom stereocenters. The molecule has 10 nitrogen and oxygen atoms in total. The van der Waals surface area contributed by atoms with Gasteiger partial charge in [-0.15, -0.1) is 0 Å². The molecular weight excluding hydrogens is 513 g/mol. The van der Waals surface area contributed by atoms with E-state index in [2.05, 4.69) is 30.7 Å². The zero-order valence-electron chi connectivity index (χ0n) is 19.9. The first-order chi connectivity index (χ1) is 18.8. The summed E-state index contributed by atoms with van der Waals surface area (Å²) in [5, 5.41) is 8.93. The average molecular weight is 532 g/mol. The third-order valence-corrected chi connectivity index (χ3v) is 5.42. The van der Waals surface area contributed by atoms with Crippen LogP contribution >= 0.6 is 0 Å². The monoisotopic (exact) mass is 532 g/mol. The molecule has 0 saturated heterocycles. The molecule has 2 amide bonds. The van der Waals surface area contributed by atoms with Crippen LogP contribution in [0.2, 0.25) is 0 Å². The number of rotatable bonds is 6. The number of halogens is 3. The molecule has 2 aromatic carbocycles. The lowest BCUT2D eigenvalue weighted by Gasteiger charge is -2.15. The molecule has 196 valence electrons. The van der Waals surface area contributed by atoms with Crippen molar-refractivity contribution in [3.63, 3.8) is 0 Å². The fourth-order valence-corrected chi connectivity index (χ4v) is 3.61. The van der Waals surface area contributed by atoms with Crippen LogP contribution in [0.15, 0.2) is 91.6 Å². The molecular formula is C26H19F3N8O2. The number of nitrogens with two attached hydrogens (primary N) is 1. The molecule has 0 radical (unpaired) electrons. The largest absolute Gasteiger partial charge is 0.424 e. The molecule has 5 aromatic rings. The minimum Gasteiger partial charge on any atom is -0.424 e. The van der Waals surface area contributed by atoms with E-state index in [1.165, 1.54) is 29.3 Å². The van der Waals surface area contributed by atoms with Crippen molar-refractivity contribution < 1.29 is 22.7 Å². The van der Waals surface area contributed by atoms with Crippen LogP contribution < -0.4 is 21.1 Å². The number of aromatic nitrogens is 5. The normalized spacial score (nSPS) is 11.2. The topological polar surface area (TPSA) is 133 Å². The van der Waals surface area contributed by atoms with Crippen molar-refractivity contribution in [3.05, 3.63) is 97.2 Å². The van der Waals surface area contributed by atoms with Crippen LogP contribution in [0.4, 0.5) is 35.2 Å². The number of carbonyl (C=O) groups excluding carboxylic acids is 1. The summed E-state index contributed by atoms with van der Waals surface area (Å²) in [5.41, 5.74) is 6.98. The van der Waals surface area contributed by atoms with E-state index in [0.717, 1.165) is 23.3 Å². The van der Waals surface area contributed by atoms with Gasteiger partial charge in [0.2, 0.25) is 0 Å². The zero-order valence-corrected chi connectivity index (χ0v) is 19.9. The SMILES string of the molecule is Nc1ncccc1-c1ccc(Oc2ncc(NC(=O)Nc3cc(C(F)(F)F)ccc3-n3cccn3)cn2)cc1. The van der Waals surface area contributed by atoms with Crippen LogP contribution in [0, 0.1) is 0 Å². The maximum Gasteiger partial charge on any atom is 0.416 e. The molecule has 0 bridgehead atoms. The first-order valence-electron chi connectivity index (χ1n) is 11.4. The maximum atomic E-state index is 13.2. The highest BCUT2D eigenvalue weighted by molar-refractivity contribution is 6.00. The molecule has 5 rings (SSSR count). The van der Waals surface area contributed by atoms with Gasteiger partial charge in [-0.25, -0.2) is 24.4 Å². The number of nitrogens with zero attached hydrogens (tertiary/aromatic N) is 5. The number of hydrogen-bond acceptors (Lipinski definition) is 7. The van der Waals surface area contributed by atoms with Crippen LogP contribution in [-0.2, 0) is 6.18 Å². The maximum absolute atomic E-state index is 13.2. The highest BCUT2D eigenvalue weighted by Crippen LogP contribution is 2.33. The fraction of sp³-hybridized carbons (Fsp3) is 0.0385. The van der Waals surface area contributed by atoms with Gasteiger partial charge < -0.3 is 21.1 Å². The number of urea groups is 1. The van der Waals surface area contributed by atoms with Gasteiger partial charge in [-0.3, -0.25) is 0 Å². The molecule has 0 aliphatic rings. The smallest absolute Gasteiger partial charge is 0.416 e. The first-order valence-corrected chi connectivity index (χ1v) is 11.4. The molecule has 3 heterocycles. The Labute approximate surface area is 219 Å². The molecule has 39 heavy (non-hydrogen) atoms. The van der Waals surface area contributed by atoms with Crippen LogP contribution in [0.25, 0.3) is 16.8 Å². The second-order valence-electron chi connectivity index (χ2n) is 8.08. The molecule has 0 unspecified atom stereocenters. The van der Waals surface area contributed by atoms with E-state index in [0.29, 0.717) is 11.6 Å². The summed E-state index contributed by atoms with van der Waals surface area (Å²) >= 11 is 0. The van der Waals surface area contributed by atoms with Crippen LogP contribution in [0.5, 0.6) is 11.8 Å². The highest BCUT2D eigenvalue weighted by atomic mass is 19.4. The number of nitrogen functional groups attached to an aromatic ring is 1. The Bertz CT molecular complexity index is 1590. The Morgan fingerprint density at radius 1 is 0.923 bits per heavy atom. The number of carbonyl (C=O) groups is 1. The van der Waals surface area contributed by atoms with E-state index in [9.17, 15) is 18.0 Å². The molecule has 3 aromatic heterocycles. The number of nitrogens with one attached hydrogen (secondary N) is 2. The summed E-state index contributed by atoms with van der Waals surface area (Å²) in [5.74, 6) is 0.877. The van der Waals surface area contributed by atoms with Crippen molar-refractivity contribution >= 4 is 23.2 Å². The Balaban J connectivity index is 1.25. The van der Waals surface area contributed by atoms with E-state index in [-0.39, 0.29) is 23.1 Å². The van der Waals surface area contributed by atoms with Crippen molar-refractivity contribution in [2.75, 3.05) is 16.4 Å². The van der Waals surface area contributed by atoms with E-state index in [1.54, 1.807) is 36.7 Å². The van der Waals surface area contributed by atoms with Gasteiger partial charge >= 0.3 is 18.2 Å². The van der Waals surface area contributed by atoms with E-state index in [1.807, 2.05) is 18.2 Å². The summed E-state index contributed by atoms with van der Waals surface area (Å²) in [6, 6.07) is 14.5. The Morgan fingerprint density at radius 3 is 2.36 bits per heavy atom. The lowest BCUT2D eigenvalue weighted by molar-refractivity contribution is -0.137. The minimum absolute atomic E-state index is 0.0217. The number of pyridine rings is 1. The van der Waals surface area contributed by atoms with Crippen molar-refractivity contribution in [3.8, 4) is 28.6 Å². The van der Waals surface area contributed by atoms with Gasteiger partial charge in [0.1, 0.15) is 11.6 Å². The molecule has 13 heteroatoms. The van der Waals surface area contributed by atoms with E-state index in [4.69, 9.17) is 10.5 Å². The fourth-order valence-electron chi connectivity index (χ4n) is 3.61. The second kappa shape index (κ2) is 10.5. The quantitative estimate of drug-likeness (QED) is 0.253. The second-order valence-corrected chi connectivity index (χ2v) is 8.08. The summed E-state index contributed by atoms with van der Waals surface area (Å²) in [6.45, 7) is 0. The van der Waals surface area contributed by atoms with Crippen LogP contribution in [0.1, 0.15) is 5.56 Å². The van der Waals surface area contributed by atoms with E-state index >= 15 is 0 Å². The standard InChI is InChI=1S/C26H19F3N8O2/c27-26(28,29)17-6-9-22(37-12-2-11-34-37)21(13-17)36-24(38)35-18-14-32-25(33-15-18)39-19-7-4-16(5-8-19)20-3-1-10-31-23(20)30/h1-15H,(H2,30,31)(H2,35,36,38). The molecule has 0 saturated carbocycles. The van der Waals surface area contributed by atoms with Gasteiger partial charge in [0, 0.05) is 24.2 Å². The first kappa shape index (κ1) is 25.2. The van der Waals surface area contributed by atoms with Crippen LogP contribution in [-0.4, -0.2) is 30.8 Å². The molecule has 0 aliphatic heterocycles. The molecule has 0 fully saturated rings. The van der Waals surface area contributed by atoms with E-state index < -0.39 is 17.8 Å². The zero-order chi connectivity index (χ0) is 27.4. The summed E-state index contributed by atoms with van der Waals surface area (Å²) in [4.78, 5) is 24.8. The summed E-state index contributed by atoms with van der Waals surface area (Å²) in [6.07, 6.45) is 2.62. The lowest BCUT2D eigenvalue weighted by Crippen LogP contribution is -2.21. The number of alkyl halides is 3. The molecule has 0 aliphatic carbocycles. The highest BCUT2D eigenvalue weighted by Gasteiger charge is 2.31. The van der Waals surface area contributed by atoms with Gasteiger partial charge in [-0.2, -0.15) is 18.3 Å². The predicted molar refractivity (Wildman–Crippen MR) is 137 cm³/mol. The summed E-state index contributed by atoms with van der Waals surface area (Å²) < 4.78 is 46.7.